The highest BCUT2D eigenvalue weighted by atomic mass is 35.5. The molecule has 0 radical (unpaired) electrons. The number of benzene rings is 2. The van der Waals surface area contributed by atoms with E-state index in [9.17, 15) is 18.0 Å². The summed E-state index contributed by atoms with van der Waals surface area (Å²) in [5, 5.41) is 0.862. The SMILES string of the molecule is CS(=O)(=O)c1cc(C(=O)NNC(=O)CCCOc2ccc(Cl)cc2Cl)ccc1Cl. The summed E-state index contributed by atoms with van der Waals surface area (Å²) >= 11 is 17.6. The maximum atomic E-state index is 12.1. The van der Waals surface area contributed by atoms with Gasteiger partial charge in [0.25, 0.3) is 5.91 Å². The van der Waals surface area contributed by atoms with E-state index in [1.54, 1.807) is 18.2 Å². The van der Waals surface area contributed by atoms with Gasteiger partial charge in [-0.1, -0.05) is 34.8 Å². The van der Waals surface area contributed by atoms with Gasteiger partial charge < -0.3 is 4.74 Å². The summed E-state index contributed by atoms with van der Waals surface area (Å²) in [6.07, 6.45) is 1.44. The van der Waals surface area contributed by atoms with Crippen LogP contribution in [0.3, 0.4) is 0 Å². The van der Waals surface area contributed by atoms with Gasteiger partial charge in [0.05, 0.1) is 21.5 Å². The summed E-state index contributed by atoms with van der Waals surface area (Å²) in [4.78, 5) is 23.8. The van der Waals surface area contributed by atoms with Gasteiger partial charge in [-0.3, -0.25) is 20.4 Å². The molecule has 0 aliphatic carbocycles. The van der Waals surface area contributed by atoms with Gasteiger partial charge in [-0.15, -0.1) is 0 Å². The molecule has 2 amide bonds. The molecule has 0 spiro atoms. The van der Waals surface area contributed by atoms with E-state index in [1.807, 2.05) is 0 Å². The second-order valence-electron chi connectivity index (χ2n) is 5.95. The Morgan fingerprint density at radius 3 is 2.38 bits per heavy atom. The molecule has 0 aliphatic rings. The molecule has 0 saturated carbocycles. The van der Waals surface area contributed by atoms with Crippen molar-refractivity contribution in [2.75, 3.05) is 12.9 Å². The highest BCUT2D eigenvalue weighted by Crippen LogP contribution is 2.27. The Labute approximate surface area is 183 Å². The minimum absolute atomic E-state index is 0.00822. The maximum Gasteiger partial charge on any atom is 0.269 e. The highest BCUT2D eigenvalue weighted by Gasteiger charge is 2.16. The Hall–Kier alpha value is -2.00. The molecule has 29 heavy (non-hydrogen) atoms. The number of hydrazine groups is 1. The molecule has 2 aromatic rings. The van der Waals surface area contributed by atoms with Gasteiger partial charge in [-0.2, -0.15) is 0 Å². The number of hydrogen-bond donors (Lipinski definition) is 2. The third kappa shape index (κ3) is 7.08. The average Bonchev–Trinajstić information content (AvgIpc) is 2.64. The predicted molar refractivity (Wildman–Crippen MR) is 111 cm³/mol. The zero-order valence-corrected chi connectivity index (χ0v) is 18.3. The number of carbonyl (C=O) groups excluding carboxylic acids is 2. The normalized spacial score (nSPS) is 11.0. The smallest absolute Gasteiger partial charge is 0.269 e. The molecule has 0 unspecified atom stereocenters. The van der Waals surface area contributed by atoms with Crippen LogP contribution in [0, 0.1) is 0 Å². The quantitative estimate of drug-likeness (QED) is 0.466. The third-order valence-electron chi connectivity index (χ3n) is 3.61. The molecule has 0 saturated heterocycles. The van der Waals surface area contributed by atoms with Crippen LogP contribution in [0.2, 0.25) is 15.1 Å². The van der Waals surface area contributed by atoms with Crippen molar-refractivity contribution in [2.45, 2.75) is 17.7 Å². The molecule has 0 atom stereocenters. The minimum Gasteiger partial charge on any atom is -0.492 e. The molecule has 0 fully saturated rings. The lowest BCUT2D eigenvalue weighted by atomic mass is 10.2. The zero-order valence-electron chi connectivity index (χ0n) is 15.2. The van der Waals surface area contributed by atoms with Crippen molar-refractivity contribution in [1.29, 1.82) is 0 Å². The third-order valence-corrected chi connectivity index (χ3v) is 5.72. The van der Waals surface area contributed by atoms with E-state index < -0.39 is 21.7 Å². The van der Waals surface area contributed by atoms with Gasteiger partial charge >= 0.3 is 0 Å². The molecular formula is C18H17Cl3N2O5S. The minimum atomic E-state index is -3.59. The summed E-state index contributed by atoms with van der Waals surface area (Å²) in [7, 11) is -3.59. The number of rotatable bonds is 7. The second-order valence-corrected chi connectivity index (χ2v) is 9.18. The number of nitrogens with one attached hydrogen (secondary N) is 2. The fraction of sp³-hybridized carbons (Fsp3) is 0.222. The number of hydrogen-bond acceptors (Lipinski definition) is 5. The number of sulfone groups is 1. The number of ether oxygens (including phenoxy) is 1. The van der Waals surface area contributed by atoms with Gasteiger partial charge in [0.2, 0.25) is 5.91 Å². The van der Waals surface area contributed by atoms with Crippen LogP contribution in [0.5, 0.6) is 5.75 Å². The predicted octanol–water partition coefficient (Wildman–Crippen LogP) is 3.67. The Morgan fingerprint density at radius 2 is 1.72 bits per heavy atom. The van der Waals surface area contributed by atoms with Crippen molar-refractivity contribution >= 4 is 56.5 Å². The van der Waals surface area contributed by atoms with E-state index in [0.717, 1.165) is 12.3 Å². The van der Waals surface area contributed by atoms with Crippen LogP contribution in [0.25, 0.3) is 0 Å². The lowest BCUT2D eigenvalue weighted by Crippen LogP contribution is -2.41. The molecule has 0 aromatic heterocycles. The summed E-state index contributed by atoms with van der Waals surface area (Å²) < 4.78 is 28.8. The van der Waals surface area contributed by atoms with Crippen LogP contribution in [0.15, 0.2) is 41.3 Å². The summed E-state index contributed by atoms with van der Waals surface area (Å²) in [5.41, 5.74) is 4.51. The van der Waals surface area contributed by atoms with Crippen molar-refractivity contribution in [3.63, 3.8) is 0 Å². The first-order chi connectivity index (χ1) is 13.6. The van der Waals surface area contributed by atoms with Gasteiger partial charge in [0.1, 0.15) is 5.75 Å². The van der Waals surface area contributed by atoms with Crippen molar-refractivity contribution in [3.05, 3.63) is 57.0 Å². The van der Waals surface area contributed by atoms with Gasteiger partial charge in [0.15, 0.2) is 9.84 Å². The second kappa shape index (κ2) is 10.2. The zero-order chi connectivity index (χ0) is 21.6. The van der Waals surface area contributed by atoms with Crippen LogP contribution in [-0.4, -0.2) is 33.1 Å². The topological polar surface area (TPSA) is 102 Å². The summed E-state index contributed by atoms with van der Waals surface area (Å²) in [6.45, 7) is 0.234. The lowest BCUT2D eigenvalue weighted by molar-refractivity contribution is -0.122. The summed E-state index contributed by atoms with van der Waals surface area (Å²) in [6, 6.07) is 8.60. The molecular weight excluding hydrogens is 463 g/mol. The molecule has 0 bridgehead atoms. The fourth-order valence-corrected chi connectivity index (χ4v) is 3.96. The standard InChI is InChI=1S/C18H17Cl3N2O5S/c1-29(26,27)16-9-11(4-6-13(16)20)18(25)23-22-17(24)3-2-8-28-15-7-5-12(19)10-14(15)21/h4-7,9-10H,2-3,8H2,1H3,(H,22,24)(H,23,25). The number of amides is 2. The van der Waals surface area contributed by atoms with Crippen LogP contribution in [-0.2, 0) is 14.6 Å². The van der Waals surface area contributed by atoms with E-state index >= 15 is 0 Å². The van der Waals surface area contributed by atoms with Crippen molar-refractivity contribution in [1.82, 2.24) is 10.9 Å². The van der Waals surface area contributed by atoms with Crippen LogP contribution in [0.4, 0.5) is 0 Å². The molecule has 0 heterocycles. The summed E-state index contributed by atoms with van der Waals surface area (Å²) in [5.74, 6) is -0.667. The van der Waals surface area contributed by atoms with E-state index in [0.29, 0.717) is 22.2 Å². The Morgan fingerprint density at radius 1 is 1.00 bits per heavy atom. The lowest BCUT2D eigenvalue weighted by Gasteiger charge is -2.10. The highest BCUT2D eigenvalue weighted by molar-refractivity contribution is 7.90. The van der Waals surface area contributed by atoms with E-state index in [-0.39, 0.29) is 28.5 Å². The van der Waals surface area contributed by atoms with Gasteiger partial charge in [-0.05, 0) is 42.8 Å². The first kappa shape index (κ1) is 23.3. The maximum absolute atomic E-state index is 12.1. The van der Waals surface area contributed by atoms with E-state index in [4.69, 9.17) is 39.5 Å². The average molecular weight is 480 g/mol. The molecule has 2 rings (SSSR count). The van der Waals surface area contributed by atoms with Crippen molar-refractivity contribution in [2.24, 2.45) is 0 Å². The van der Waals surface area contributed by atoms with Crippen molar-refractivity contribution in [3.8, 4) is 5.75 Å². The molecule has 2 N–H and O–H groups in total. The monoisotopic (exact) mass is 478 g/mol. The fourth-order valence-electron chi connectivity index (χ4n) is 2.20. The molecule has 7 nitrogen and oxygen atoms in total. The van der Waals surface area contributed by atoms with Gasteiger partial charge in [-0.25, -0.2) is 8.42 Å². The molecule has 2 aromatic carbocycles. The first-order valence-electron chi connectivity index (χ1n) is 8.24. The van der Waals surface area contributed by atoms with E-state index in [2.05, 4.69) is 10.9 Å². The number of halogens is 3. The molecule has 0 aliphatic heterocycles. The largest absolute Gasteiger partial charge is 0.492 e. The molecule has 11 heteroatoms. The Balaban J connectivity index is 1.79. The van der Waals surface area contributed by atoms with Crippen LogP contribution in [0.1, 0.15) is 23.2 Å². The van der Waals surface area contributed by atoms with Crippen molar-refractivity contribution < 1.29 is 22.7 Å². The van der Waals surface area contributed by atoms with Crippen LogP contribution >= 0.6 is 34.8 Å². The van der Waals surface area contributed by atoms with E-state index in [1.165, 1.54) is 12.1 Å². The number of carbonyl (C=O) groups is 2. The Kier molecular flexibility index (Phi) is 8.15. The first-order valence-corrected chi connectivity index (χ1v) is 11.3. The van der Waals surface area contributed by atoms with Crippen LogP contribution < -0.4 is 15.6 Å². The Bertz CT molecular complexity index is 1030. The molecule has 156 valence electrons. The van der Waals surface area contributed by atoms with Gasteiger partial charge in [0, 0.05) is 23.3 Å².